The van der Waals surface area contributed by atoms with Crippen molar-refractivity contribution in [2.75, 3.05) is 13.2 Å². The number of benzene rings is 2. The lowest BCUT2D eigenvalue weighted by Gasteiger charge is -2.15. The van der Waals surface area contributed by atoms with E-state index in [1.807, 2.05) is 37.3 Å². The first-order chi connectivity index (χ1) is 10.1. The van der Waals surface area contributed by atoms with Gasteiger partial charge in [-0.2, -0.15) is 0 Å². The molecule has 0 radical (unpaired) electrons. The van der Waals surface area contributed by atoms with Gasteiger partial charge in [-0.05, 0) is 36.2 Å². The third-order valence-corrected chi connectivity index (χ3v) is 4.52. The van der Waals surface area contributed by atoms with Crippen LogP contribution < -0.4 is 9.47 Å². The second-order valence-electron chi connectivity index (χ2n) is 5.14. The summed E-state index contributed by atoms with van der Waals surface area (Å²) in [6, 6.07) is 11.0. The SMILES string of the molecule is Cc1ccc(C(Br)c2ccc3c(c2)OCCCO3)c(F)c1. The van der Waals surface area contributed by atoms with Gasteiger partial charge in [0.15, 0.2) is 11.5 Å². The Kier molecular flexibility index (Phi) is 4.15. The lowest BCUT2D eigenvalue weighted by atomic mass is 10.0. The van der Waals surface area contributed by atoms with Gasteiger partial charge in [-0.3, -0.25) is 0 Å². The highest BCUT2D eigenvalue weighted by Gasteiger charge is 2.18. The molecular weight excluding hydrogens is 335 g/mol. The van der Waals surface area contributed by atoms with Crippen LogP contribution >= 0.6 is 15.9 Å². The molecule has 0 aliphatic carbocycles. The monoisotopic (exact) mass is 350 g/mol. The minimum atomic E-state index is -0.213. The Morgan fingerprint density at radius 3 is 2.57 bits per heavy atom. The molecule has 2 aromatic carbocycles. The molecule has 4 heteroatoms. The van der Waals surface area contributed by atoms with Crippen LogP contribution in [0, 0.1) is 12.7 Å². The Hall–Kier alpha value is -1.55. The number of alkyl halides is 1. The van der Waals surface area contributed by atoms with Gasteiger partial charge in [-0.25, -0.2) is 4.39 Å². The molecule has 0 saturated carbocycles. The summed E-state index contributed by atoms with van der Waals surface area (Å²) in [4.78, 5) is -0.213. The molecule has 1 aliphatic heterocycles. The van der Waals surface area contributed by atoms with Gasteiger partial charge in [0.25, 0.3) is 0 Å². The van der Waals surface area contributed by atoms with E-state index in [1.54, 1.807) is 6.07 Å². The number of ether oxygens (including phenoxy) is 2. The third kappa shape index (κ3) is 3.05. The zero-order valence-electron chi connectivity index (χ0n) is 11.7. The first-order valence-electron chi connectivity index (χ1n) is 6.95. The number of rotatable bonds is 2. The van der Waals surface area contributed by atoms with Gasteiger partial charge < -0.3 is 9.47 Å². The maximum atomic E-state index is 14.1. The van der Waals surface area contributed by atoms with Gasteiger partial charge in [-0.15, -0.1) is 0 Å². The molecular formula is C17H16BrFO2. The van der Waals surface area contributed by atoms with Gasteiger partial charge in [0.1, 0.15) is 5.82 Å². The molecule has 21 heavy (non-hydrogen) atoms. The van der Waals surface area contributed by atoms with Crippen molar-refractivity contribution in [2.45, 2.75) is 18.2 Å². The minimum Gasteiger partial charge on any atom is -0.490 e. The largest absolute Gasteiger partial charge is 0.490 e. The van der Waals surface area contributed by atoms with E-state index in [4.69, 9.17) is 9.47 Å². The van der Waals surface area contributed by atoms with E-state index in [2.05, 4.69) is 15.9 Å². The second kappa shape index (κ2) is 6.06. The van der Waals surface area contributed by atoms with Crippen molar-refractivity contribution in [1.29, 1.82) is 0 Å². The van der Waals surface area contributed by atoms with Crippen molar-refractivity contribution in [2.24, 2.45) is 0 Å². The van der Waals surface area contributed by atoms with E-state index in [-0.39, 0.29) is 10.6 Å². The van der Waals surface area contributed by atoms with Crippen molar-refractivity contribution in [3.63, 3.8) is 0 Å². The normalized spacial score (nSPS) is 15.4. The van der Waals surface area contributed by atoms with Crippen LogP contribution in [0.15, 0.2) is 36.4 Å². The molecule has 0 amide bonds. The Labute approximate surface area is 132 Å². The van der Waals surface area contributed by atoms with E-state index in [9.17, 15) is 4.39 Å². The van der Waals surface area contributed by atoms with Gasteiger partial charge in [0.2, 0.25) is 0 Å². The molecule has 2 aromatic rings. The summed E-state index contributed by atoms with van der Waals surface area (Å²) in [7, 11) is 0. The van der Waals surface area contributed by atoms with Crippen molar-refractivity contribution in [3.8, 4) is 11.5 Å². The summed E-state index contributed by atoms with van der Waals surface area (Å²) < 4.78 is 25.4. The average molecular weight is 351 g/mol. The lowest BCUT2D eigenvalue weighted by molar-refractivity contribution is 0.297. The van der Waals surface area contributed by atoms with Crippen LogP contribution in [0.5, 0.6) is 11.5 Å². The van der Waals surface area contributed by atoms with E-state index in [1.165, 1.54) is 0 Å². The number of hydrogen-bond donors (Lipinski definition) is 0. The molecule has 2 nitrogen and oxygen atoms in total. The summed E-state index contributed by atoms with van der Waals surface area (Å²) in [6.07, 6.45) is 0.869. The van der Waals surface area contributed by atoms with Crippen molar-refractivity contribution in [3.05, 3.63) is 58.9 Å². The number of hydrogen-bond acceptors (Lipinski definition) is 2. The molecule has 0 N–H and O–H groups in total. The fourth-order valence-corrected chi connectivity index (χ4v) is 3.01. The van der Waals surface area contributed by atoms with E-state index in [0.29, 0.717) is 18.8 Å². The number of halogens is 2. The van der Waals surface area contributed by atoms with Gasteiger partial charge in [-0.1, -0.05) is 34.1 Å². The highest BCUT2D eigenvalue weighted by atomic mass is 79.9. The van der Waals surface area contributed by atoms with Crippen LogP contribution in [-0.4, -0.2) is 13.2 Å². The zero-order chi connectivity index (χ0) is 14.8. The summed E-state index contributed by atoms with van der Waals surface area (Å²) in [6.45, 7) is 3.18. The Bertz CT molecular complexity index is 657. The fraction of sp³-hybridized carbons (Fsp3) is 0.294. The van der Waals surface area contributed by atoms with Crippen LogP contribution in [0.25, 0.3) is 0 Å². The minimum absolute atomic E-state index is 0.205. The molecule has 3 rings (SSSR count). The number of fused-ring (bicyclic) bond motifs is 1. The smallest absolute Gasteiger partial charge is 0.161 e. The average Bonchev–Trinajstić information content (AvgIpc) is 2.71. The molecule has 1 heterocycles. The van der Waals surface area contributed by atoms with Crippen molar-refractivity contribution in [1.82, 2.24) is 0 Å². The van der Waals surface area contributed by atoms with E-state index in [0.717, 1.165) is 29.0 Å². The summed E-state index contributed by atoms with van der Waals surface area (Å²) in [5.74, 6) is 1.27. The molecule has 0 bridgehead atoms. The van der Waals surface area contributed by atoms with E-state index < -0.39 is 0 Å². The molecule has 110 valence electrons. The fourth-order valence-electron chi connectivity index (χ4n) is 2.35. The maximum Gasteiger partial charge on any atom is 0.161 e. The van der Waals surface area contributed by atoms with Gasteiger partial charge in [0.05, 0.1) is 18.0 Å². The van der Waals surface area contributed by atoms with Crippen molar-refractivity contribution < 1.29 is 13.9 Å². The summed E-state index contributed by atoms with van der Waals surface area (Å²) >= 11 is 3.58. The highest BCUT2D eigenvalue weighted by Crippen LogP contribution is 2.38. The molecule has 1 aliphatic rings. The molecule has 0 saturated heterocycles. The highest BCUT2D eigenvalue weighted by molar-refractivity contribution is 9.09. The van der Waals surface area contributed by atoms with E-state index >= 15 is 0 Å². The molecule has 1 atom stereocenters. The zero-order valence-corrected chi connectivity index (χ0v) is 13.3. The second-order valence-corrected chi connectivity index (χ2v) is 6.06. The van der Waals surface area contributed by atoms with Crippen molar-refractivity contribution >= 4 is 15.9 Å². The lowest BCUT2D eigenvalue weighted by Crippen LogP contribution is -1.99. The Balaban J connectivity index is 1.94. The van der Waals surface area contributed by atoms with Crippen LogP contribution in [0.4, 0.5) is 4.39 Å². The predicted molar refractivity (Wildman–Crippen MR) is 84.0 cm³/mol. The molecule has 0 spiro atoms. The maximum absolute atomic E-state index is 14.1. The first kappa shape index (κ1) is 14.4. The predicted octanol–water partition coefficient (Wildman–Crippen LogP) is 4.78. The molecule has 0 fully saturated rings. The first-order valence-corrected chi connectivity index (χ1v) is 7.86. The molecule has 1 unspecified atom stereocenters. The topological polar surface area (TPSA) is 18.5 Å². The van der Waals surface area contributed by atoms with Crippen LogP contribution in [-0.2, 0) is 0 Å². The Morgan fingerprint density at radius 1 is 1.05 bits per heavy atom. The summed E-state index contributed by atoms with van der Waals surface area (Å²) in [5.41, 5.74) is 2.48. The standard InChI is InChI=1S/C17H16BrFO2/c1-11-3-5-13(14(19)9-11)17(18)12-4-6-15-16(10-12)21-8-2-7-20-15/h3-6,9-10,17H,2,7-8H2,1H3. The van der Waals surface area contributed by atoms with Crippen LogP contribution in [0.3, 0.4) is 0 Å². The van der Waals surface area contributed by atoms with Crippen LogP contribution in [0.1, 0.15) is 27.9 Å². The quantitative estimate of drug-likeness (QED) is 0.725. The Morgan fingerprint density at radius 2 is 1.81 bits per heavy atom. The third-order valence-electron chi connectivity index (χ3n) is 3.49. The van der Waals surface area contributed by atoms with Gasteiger partial charge in [0, 0.05) is 12.0 Å². The molecule has 0 aromatic heterocycles. The summed E-state index contributed by atoms with van der Waals surface area (Å²) in [5, 5.41) is 0. The van der Waals surface area contributed by atoms with Gasteiger partial charge >= 0.3 is 0 Å². The number of aryl methyl sites for hydroxylation is 1. The van der Waals surface area contributed by atoms with Crippen LogP contribution in [0.2, 0.25) is 0 Å².